The summed E-state index contributed by atoms with van der Waals surface area (Å²) in [6.45, 7) is 0. The predicted molar refractivity (Wildman–Crippen MR) is 98.1 cm³/mol. The molecular weight excluding hydrogens is 330 g/mol. The number of methoxy groups -OCH3 is 1. The Kier molecular flexibility index (Phi) is 4.03. The molecular formula is C19H15N5O2. The van der Waals surface area contributed by atoms with Crippen molar-refractivity contribution in [3.8, 4) is 17.0 Å². The number of carbonyl (C=O) groups is 1. The summed E-state index contributed by atoms with van der Waals surface area (Å²) in [7, 11) is 1.62. The average Bonchev–Trinajstić information content (AvgIpc) is 3.16. The molecule has 0 aliphatic rings. The van der Waals surface area contributed by atoms with Gasteiger partial charge in [-0.05, 0) is 24.3 Å². The molecule has 128 valence electrons. The lowest BCUT2D eigenvalue weighted by Gasteiger charge is -2.05. The highest BCUT2D eigenvalue weighted by molar-refractivity contribution is 6.10. The number of para-hydroxylation sites is 1. The highest BCUT2D eigenvalue weighted by Gasteiger charge is 2.13. The smallest absolute Gasteiger partial charge is 0.260 e. The van der Waals surface area contributed by atoms with Gasteiger partial charge >= 0.3 is 0 Å². The number of fused-ring (bicyclic) bond motifs is 1. The molecule has 7 nitrogen and oxygen atoms in total. The topological polar surface area (TPSA) is 92.8 Å². The standard InChI is InChI=1S/C19H15N5O2/c1-26-13-5-2-4-12(10-13)16-11-22-19(23-16)24-18(25)14-6-3-7-15-17(14)21-9-8-20-15/h2-11H,1H3,(H2,22,23,24,25). The van der Waals surface area contributed by atoms with Crippen molar-refractivity contribution in [3.05, 3.63) is 66.6 Å². The van der Waals surface area contributed by atoms with Gasteiger partial charge in [-0.3, -0.25) is 20.1 Å². The number of benzene rings is 2. The van der Waals surface area contributed by atoms with E-state index in [-0.39, 0.29) is 5.91 Å². The third-order valence-electron chi connectivity index (χ3n) is 3.93. The summed E-state index contributed by atoms with van der Waals surface area (Å²) in [6.07, 6.45) is 4.82. The zero-order valence-corrected chi connectivity index (χ0v) is 13.9. The Balaban J connectivity index is 1.60. The molecule has 0 spiro atoms. The predicted octanol–water partition coefficient (Wildman–Crippen LogP) is 3.28. The number of H-pyrrole nitrogens is 1. The number of amides is 1. The number of nitrogens with zero attached hydrogens (tertiary/aromatic N) is 3. The van der Waals surface area contributed by atoms with Gasteiger partial charge in [0, 0.05) is 18.0 Å². The van der Waals surface area contributed by atoms with Crippen LogP contribution in [0.5, 0.6) is 5.75 Å². The lowest BCUT2D eigenvalue weighted by Crippen LogP contribution is -2.14. The number of aromatic nitrogens is 4. The fraction of sp³-hybridized carbons (Fsp3) is 0.0526. The summed E-state index contributed by atoms with van der Waals surface area (Å²) in [6, 6.07) is 12.9. The summed E-state index contributed by atoms with van der Waals surface area (Å²) >= 11 is 0. The van der Waals surface area contributed by atoms with E-state index >= 15 is 0 Å². The van der Waals surface area contributed by atoms with Crippen LogP contribution in [0.2, 0.25) is 0 Å². The molecule has 2 heterocycles. The number of nitrogens with one attached hydrogen (secondary N) is 2. The molecule has 26 heavy (non-hydrogen) atoms. The van der Waals surface area contributed by atoms with Crippen LogP contribution in [-0.4, -0.2) is 33.0 Å². The van der Waals surface area contributed by atoms with E-state index in [1.807, 2.05) is 30.3 Å². The van der Waals surface area contributed by atoms with Crippen molar-refractivity contribution in [1.29, 1.82) is 0 Å². The number of hydrogen-bond acceptors (Lipinski definition) is 5. The van der Waals surface area contributed by atoms with Gasteiger partial charge in [0.15, 0.2) is 0 Å². The fourth-order valence-electron chi connectivity index (χ4n) is 2.67. The number of imidazole rings is 1. The van der Waals surface area contributed by atoms with Crippen molar-refractivity contribution in [2.24, 2.45) is 0 Å². The van der Waals surface area contributed by atoms with Crippen molar-refractivity contribution in [1.82, 2.24) is 19.9 Å². The van der Waals surface area contributed by atoms with Gasteiger partial charge in [0.1, 0.15) is 11.3 Å². The summed E-state index contributed by atoms with van der Waals surface area (Å²) in [4.78, 5) is 28.4. The Morgan fingerprint density at radius 2 is 1.92 bits per heavy atom. The summed E-state index contributed by atoms with van der Waals surface area (Å²) in [5.41, 5.74) is 3.34. The van der Waals surface area contributed by atoms with E-state index in [1.165, 1.54) is 0 Å². The molecule has 2 aromatic carbocycles. The van der Waals surface area contributed by atoms with Gasteiger partial charge in [0.05, 0.1) is 30.1 Å². The Labute approximate surface area is 149 Å². The average molecular weight is 345 g/mol. The molecule has 0 aliphatic carbocycles. The quantitative estimate of drug-likeness (QED) is 0.592. The fourth-order valence-corrected chi connectivity index (χ4v) is 2.67. The summed E-state index contributed by atoms with van der Waals surface area (Å²) in [5.74, 6) is 0.799. The van der Waals surface area contributed by atoms with Crippen molar-refractivity contribution in [2.45, 2.75) is 0 Å². The van der Waals surface area contributed by atoms with E-state index < -0.39 is 0 Å². The molecule has 0 aliphatic heterocycles. The Morgan fingerprint density at radius 3 is 2.81 bits per heavy atom. The number of anilines is 1. The number of aromatic amines is 1. The van der Waals surface area contributed by atoms with E-state index in [1.54, 1.807) is 37.8 Å². The second kappa shape index (κ2) is 6.64. The van der Waals surface area contributed by atoms with Crippen LogP contribution in [0.3, 0.4) is 0 Å². The lowest BCUT2D eigenvalue weighted by atomic mass is 10.1. The van der Waals surface area contributed by atoms with Crippen LogP contribution in [0.15, 0.2) is 61.1 Å². The zero-order chi connectivity index (χ0) is 17.9. The number of carbonyl (C=O) groups excluding carboxylic acids is 1. The maximum absolute atomic E-state index is 12.6. The molecule has 0 fully saturated rings. The normalized spacial score (nSPS) is 10.7. The maximum Gasteiger partial charge on any atom is 0.260 e. The van der Waals surface area contributed by atoms with Crippen LogP contribution in [0, 0.1) is 0 Å². The van der Waals surface area contributed by atoms with Crippen LogP contribution in [-0.2, 0) is 0 Å². The number of ether oxygens (including phenoxy) is 1. The van der Waals surface area contributed by atoms with Gasteiger partial charge in [-0.2, -0.15) is 0 Å². The van der Waals surface area contributed by atoms with E-state index in [0.717, 1.165) is 17.0 Å². The number of hydrogen-bond donors (Lipinski definition) is 2. The van der Waals surface area contributed by atoms with Crippen molar-refractivity contribution in [3.63, 3.8) is 0 Å². The summed E-state index contributed by atoms with van der Waals surface area (Å²) < 4.78 is 5.23. The highest BCUT2D eigenvalue weighted by Crippen LogP contribution is 2.23. The third kappa shape index (κ3) is 2.98. The van der Waals surface area contributed by atoms with E-state index in [2.05, 4.69) is 25.3 Å². The highest BCUT2D eigenvalue weighted by atomic mass is 16.5. The van der Waals surface area contributed by atoms with Crippen LogP contribution in [0.1, 0.15) is 10.4 Å². The third-order valence-corrected chi connectivity index (χ3v) is 3.93. The minimum Gasteiger partial charge on any atom is -0.497 e. The molecule has 0 saturated carbocycles. The Morgan fingerprint density at radius 1 is 1.08 bits per heavy atom. The van der Waals surface area contributed by atoms with Gasteiger partial charge in [-0.1, -0.05) is 18.2 Å². The molecule has 0 bridgehead atoms. The molecule has 0 radical (unpaired) electrons. The molecule has 0 saturated heterocycles. The molecule has 0 unspecified atom stereocenters. The Bertz CT molecular complexity index is 1080. The second-order valence-electron chi connectivity index (χ2n) is 5.56. The van der Waals surface area contributed by atoms with E-state index in [0.29, 0.717) is 22.5 Å². The molecule has 2 aromatic heterocycles. The van der Waals surface area contributed by atoms with Crippen molar-refractivity contribution < 1.29 is 9.53 Å². The first kappa shape index (κ1) is 15.8. The van der Waals surface area contributed by atoms with E-state index in [4.69, 9.17) is 4.74 Å². The zero-order valence-electron chi connectivity index (χ0n) is 13.9. The Hall–Kier alpha value is -3.74. The lowest BCUT2D eigenvalue weighted by molar-refractivity contribution is 0.102. The minimum absolute atomic E-state index is 0.303. The first-order chi connectivity index (χ1) is 12.7. The molecule has 7 heteroatoms. The largest absolute Gasteiger partial charge is 0.497 e. The SMILES string of the molecule is COc1cccc(-c2cnc(NC(=O)c3cccc4nccnc34)[nH]2)c1. The van der Waals surface area contributed by atoms with Gasteiger partial charge in [-0.25, -0.2) is 4.98 Å². The van der Waals surface area contributed by atoms with Crippen LogP contribution < -0.4 is 10.1 Å². The van der Waals surface area contributed by atoms with Gasteiger partial charge in [0.2, 0.25) is 5.95 Å². The maximum atomic E-state index is 12.6. The first-order valence-corrected chi connectivity index (χ1v) is 7.95. The van der Waals surface area contributed by atoms with Crippen molar-refractivity contribution in [2.75, 3.05) is 12.4 Å². The van der Waals surface area contributed by atoms with Crippen LogP contribution >= 0.6 is 0 Å². The first-order valence-electron chi connectivity index (χ1n) is 7.95. The molecule has 2 N–H and O–H groups in total. The minimum atomic E-state index is -0.303. The van der Waals surface area contributed by atoms with Crippen LogP contribution in [0.25, 0.3) is 22.3 Å². The molecule has 0 atom stereocenters. The van der Waals surface area contributed by atoms with Crippen molar-refractivity contribution >= 4 is 22.9 Å². The number of rotatable bonds is 4. The molecule has 4 rings (SSSR count). The van der Waals surface area contributed by atoms with Gasteiger partial charge < -0.3 is 9.72 Å². The monoisotopic (exact) mass is 345 g/mol. The van der Waals surface area contributed by atoms with E-state index in [9.17, 15) is 4.79 Å². The van der Waals surface area contributed by atoms with Crippen LogP contribution in [0.4, 0.5) is 5.95 Å². The van der Waals surface area contributed by atoms with Gasteiger partial charge in [0.25, 0.3) is 5.91 Å². The summed E-state index contributed by atoms with van der Waals surface area (Å²) in [5, 5.41) is 2.76. The second-order valence-corrected chi connectivity index (χ2v) is 5.56. The van der Waals surface area contributed by atoms with Gasteiger partial charge in [-0.15, -0.1) is 0 Å². The molecule has 4 aromatic rings. The molecule has 1 amide bonds.